The molecule has 0 aromatic rings. The zero-order valence-corrected chi connectivity index (χ0v) is 10.6. The van der Waals surface area contributed by atoms with Crippen LogP contribution in [0.4, 0.5) is 0 Å². The molecule has 6 nitrogen and oxygen atoms in total. The van der Waals surface area contributed by atoms with Gasteiger partial charge in [-0.25, -0.2) is 0 Å². The molecule has 0 saturated carbocycles. The highest BCUT2D eigenvalue weighted by Gasteiger charge is 2.37. The van der Waals surface area contributed by atoms with Gasteiger partial charge in [0, 0.05) is 26.2 Å². The van der Waals surface area contributed by atoms with Gasteiger partial charge in [0.1, 0.15) is 0 Å². The fourth-order valence-electron chi connectivity index (χ4n) is 1.90. The third-order valence-corrected chi connectivity index (χ3v) is 4.78. The number of hydrogen-bond donors (Lipinski definition) is 1. The van der Waals surface area contributed by atoms with Crippen LogP contribution in [0.15, 0.2) is 0 Å². The van der Waals surface area contributed by atoms with Crippen molar-refractivity contribution in [3.63, 3.8) is 0 Å². The zero-order chi connectivity index (χ0) is 12.5. The first-order chi connectivity index (χ1) is 7.25. The van der Waals surface area contributed by atoms with Crippen molar-refractivity contribution in [3.05, 3.63) is 0 Å². The molecule has 1 unspecified atom stereocenters. The van der Waals surface area contributed by atoms with E-state index in [0.717, 1.165) is 0 Å². The molecule has 0 bridgehead atoms. The maximum atomic E-state index is 11.9. The van der Waals surface area contributed by atoms with Crippen LogP contribution in [0.25, 0.3) is 0 Å². The summed E-state index contributed by atoms with van der Waals surface area (Å²) in [6.45, 7) is 4.14. The summed E-state index contributed by atoms with van der Waals surface area (Å²) in [5.74, 6) is -1.03. The van der Waals surface area contributed by atoms with Crippen LogP contribution in [0, 0.1) is 5.92 Å². The van der Waals surface area contributed by atoms with E-state index in [1.807, 2.05) is 0 Å². The number of carbonyl (C=O) groups is 1. The largest absolute Gasteiger partial charge is 0.481 e. The Morgan fingerprint density at radius 2 is 2.00 bits per heavy atom. The molecule has 1 aliphatic heterocycles. The summed E-state index contributed by atoms with van der Waals surface area (Å²) < 4.78 is 26.4. The van der Waals surface area contributed by atoms with E-state index in [2.05, 4.69) is 0 Å². The monoisotopic (exact) mass is 250 g/mol. The van der Waals surface area contributed by atoms with E-state index in [1.54, 1.807) is 13.8 Å². The zero-order valence-electron chi connectivity index (χ0n) is 9.75. The van der Waals surface area contributed by atoms with Gasteiger partial charge in [-0.1, -0.05) is 0 Å². The van der Waals surface area contributed by atoms with Gasteiger partial charge < -0.3 is 5.11 Å². The molecule has 0 aromatic heterocycles. The lowest BCUT2D eigenvalue weighted by Gasteiger charge is -2.38. The molecule has 7 heteroatoms. The van der Waals surface area contributed by atoms with Crippen LogP contribution in [-0.2, 0) is 15.0 Å². The van der Waals surface area contributed by atoms with E-state index in [4.69, 9.17) is 5.11 Å². The van der Waals surface area contributed by atoms with Crippen LogP contribution in [-0.4, -0.2) is 54.3 Å². The Labute approximate surface area is 96.0 Å². The Kier molecular flexibility index (Phi) is 3.92. The second-order valence-corrected chi connectivity index (χ2v) is 6.40. The first-order valence-electron chi connectivity index (χ1n) is 5.20. The quantitative estimate of drug-likeness (QED) is 0.763. The number of carboxylic acid groups (broad SMARTS) is 1. The summed E-state index contributed by atoms with van der Waals surface area (Å²) in [4.78, 5) is 10.6. The van der Waals surface area contributed by atoms with Crippen LogP contribution < -0.4 is 0 Å². The average molecular weight is 250 g/mol. The minimum Gasteiger partial charge on any atom is -0.481 e. The third kappa shape index (κ3) is 2.72. The molecular formula is C9H18N2O4S. The number of aliphatic carboxylic acids is 1. The molecular weight excluding hydrogens is 232 g/mol. The van der Waals surface area contributed by atoms with Crippen molar-refractivity contribution < 1.29 is 18.3 Å². The highest BCUT2D eigenvalue weighted by Crippen LogP contribution is 2.22. The van der Waals surface area contributed by atoms with E-state index in [1.165, 1.54) is 15.7 Å². The van der Waals surface area contributed by atoms with Gasteiger partial charge in [-0.3, -0.25) is 4.79 Å². The van der Waals surface area contributed by atoms with Crippen LogP contribution in [0.1, 0.15) is 20.3 Å². The Balaban J connectivity index is 2.85. The molecule has 1 rings (SSSR count). The van der Waals surface area contributed by atoms with Gasteiger partial charge in [-0.15, -0.1) is 0 Å². The summed E-state index contributed by atoms with van der Waals surface area (Å²) >= 11 is 0. The Morgan fingerprint density at radius 1 is 1.44 bits per heavy atom. The third-order valence-electron chi connectivity index (χ3n) is 2.68. The molecule has 0 aliphatic carbocycles. The molecule has 1 N–H and O–H groups in total. The maximum Gasteiger partial charge on any atom is 0.303 e. The summed E-state index contributed by atoms with van der Waals surface area (Å²) in [6, 6.07) is -0.149. The van der Waals surface area contributed by atoms with Crippen LogP contribution in [0.3, 0.4) is 0 Å². The summed E-state index contributed by atoms with van der Waals surface area (Å²) in [5, 5.41) is 8.72. The first-order valence-corrected chi connectivity index (χ1v) is 6.59. The van der Waals surface area contributed by atoms with Crippen LogP contribution in [0.5, 0.6) is 0 Å². The number of nitrogens with zero attached hydrogens (tertiary/aromatic N) is 2. The smallest absolute Gasteiger partial charge is 0.303 e. The highest BCUT2D eigenvalue weighted by molar-refractivity contribution is 7.86. The Hall–Kier alpha value is -0.660. The molecule has 1 atom stereocenters. The van der Waals surface area contributed by atoms with E-state index < -0.39 is 16.2 Å². The van der Waals surface area contributed by atoms with Gasteiger partial charge in [0.2, 0.25) is 0 Å². The average Bonchev–Trinajstić information content (AvgIpc) is 2.09. The van der Waals surface area contributed by atoms with Crippen molar-refractivity contribution in [1.82, 2.24) is 8.61 Å². The summed E-state index contributed by atoms with van der Waals surface area (Å²) in [5.41, 5.74) is 0. The molecule has 0 amide bonds. The lowest BCUT2D eigenvalue weighted by molar-refractivity contribution is -0.138. The van der Waals surface area contributed by atoms with E-state index in [0.29, 0.717) is 0 Å². The number of carboxylic acids is 1. The summed E-state index contributed by atoms with van der Waals surface area (Å²) in [6.07, 6.45) is 0.00306. The fraction of sp³-hybridized carbons (Fsp3) is 0.889. The minimum absolute atomic E-state index is 0.00306. The molecule has 94 valence electrons. The predicted octanol–water partition coefficient (Wildman–Crippen LogP) is -0.0221. The van der Waals surface area contributed by atoms with Gasteiger partial charge in [0.15, 0.2) is 0 Å². The molecule has 1 fully saturated rings. The normalized spacial score (nSPS) is 27.1. The van der Waals surface area contributed by atoms with Crippen LogP contribution in [0.2, 0.25) is 0 Å². The Morgan fingerprint density at radius 3 is 2.44 bits per heavy atom. The van der Waals surface area contributed by atoms with Gasteiger partial charge in [-0.05, 0) is 19.8 Å². The predicted molar refractivity (Wildman–Crippen MR) is 59.1 cm³/mol. The van der Waals surface area contributed by atoms with E-state index in [-0.39, 0.29) is 31.5 Å². The highest BCUT2D eigenvalue weighted by atomic mass is 32.2. The SMILES string of the molecule is CC(C)N1CC(CC(=O)O)CN(C)S1(=O)=O. The summed E-state index contributed by atoms with van der Waals surface area (Å²) in [7, 11) is -1.91. The van der Waals surface area contributed by atoms with E-state index in [9.17, 15) is 13.2 Å². The van der Waals surface area contributed by atoms with Crippen molar-refractivity contribution in [2.45, 2.75) is 26.3 Å². The molecule has 0 spiro atoms. The lowest BCUT2D eigenvalue weighted by Crippen LogP contribution is -2.54. The number of rotatable bonds is 3. The lowest BCUT2D eigenvalue weighted by atomic mass is 10.1. The Bertz CT molecular complexity index is 366. The maximum absolute atomic E-state index is 11.9. The van der Waals surface area contributed by atoms with E-state index >= 15 is 0 Å². The van der Waals surface area contributed by atoms with Crippen molar-refractivity contribution in [1.29, 1.82) is 0 Å². The second kappa shape index (κ2) is 4.68. The fourth-order valence-corrected chi connectivity index (χ4v) is 3.59. The number of hydrogen-bond acceptors (Lipinski definition) is 3. The van der Waals surface area contributed by atoms with Gasteiger partial charge >= 0.3 is 5.97 Å². The van der Waals surface area contributed by atoms with Crippen molar-refractivity contribution >= 4 is 16.2 Å². The van der Waals surface area contributed by atoms with Gasteiger partial charge in [0.25, 0.3) is 10.2 Å². The molecule has 1 saturated heterocycles. The second-order valence-electron chi connectivity index (χ2n) is 4.42. The van der Waals surface area contributed by atoms with Crippen LogP contribution >= 0.6 is 0 Å². The molecule has 0 aromatic carbocycles. The van der Waals surface area contributed by atoms with Crippen molar-refractivity contribution in [2.75, 3.05) is 20.1 Å². The van der Waals surface area contributed by atoms with Crippen molar-refractivity contribution in [3.8, 4) is 0 Å². The standard InChI is InChI=1S/C9H18N2O4S/c1-7(2)11-6-8(4-9(12)13)5-10(3)16(11,14)15/h7-8H,4-6H2,1-3H3,(H,12,13). The van der Waals surface area contributed by atoms with Crippen molar-refractivity contribution in [2.24, 2.45) is 5.92 Å². The molecule has 1 aliphatic rings. The van der Waals surface area contributed by atoms with Gasteiger partial charge in [-0.2, -0.15) is 17.0 Å². The minimum atomic E-state index is -3.40. The topological polar surface area (TPSA) is 77.9 Å². The molecule has 1 heterocycles. The first kappa shape index (κ1) is 13.4. The van der Waals surface area contributed by atoms with Gasteiger partial charge in [0.05, 0.1) is 6.42 Å². The molecule has 0 radical (unpaired) electrons. The molecule has 16 heavy (non-hydrogen) atoms.